The number of hydrogen-bond acceptors (Lipinski definition) is 4. The minimum atomic E-state index is -0.432. The van der Waals surface area contributed by atoms with Gasteiger partial charge in [0.05, 0.1) is 0 Å². The Kier molecular flexibility index (Phi) is 4.00. The molecule has 16 heavy (non-hydrogen) atoms. The van der Waals surface area contributed by atoms with E-state index in [2.05, 4.69) is 20.5 Å². The molecule has 1 rings (SSSR count). The molecular weight excluding hydrogens is 206 g/mol. The average molecular weight is 225 g/mol. The fourth-order valence-electron chi connectivity index (χ4n) is 1.13. The summed E-state index contributed by atoms with van der Waals surface area (Å²) in [4.78, 5) is 15.7. The maximum Gasteiger partial charge on any atom is 0.291 e. The first-order valence-corrected chi connectivity index (χ1v) is 5.40. The van der Waals surface area contributed by atoms with E-state index in [4.69, 9.17) is 5.73 Å². The Balaban J connectivity index is 2.53. The van der Waals surface area contributed by atoms with Gasteiger partial charge < -0.3 is 11.1 Å². The average Bonchev–Trinajstić information content (AvgIpc) is 2.62. The van der Waals surface area contributed by atoms with Crippen molar-refractivity contribution in [2.45, 2.75) is 39.2 Å². The third-order valence-electron chi connectivity index (χ3n) is 1.93. The number of nitrogens with zero attached hydrogens (tertiary/aromatic N) is 2. The second kappa shape index (κ2) is 5.07. The summed E-state index contributed by atoms with van der Waals surface area (Å²) in [5, 5.41) is 9.26. The minimum absolute atomic E-state index is 0.174. The molecule has 6 nitrogen and oxygen atoms in total. The molecule has 0 spiro atoms. The molecule has 0 aromatic carbocycles. The van der Waals surface area contributed by atoms with E-state index >= 15 is 0 Å². The molecule has 0 aliphatic rings. The number of hydrogen-bond donors (Lipinski definition) is 3. The number of nitrogens with one attached hydrogen (secondary N) is 2. The Morgan fingerprint density at radius 3 is 2.81 bits per heavy atom. The van der Waals surface area contributed by atoms with Gasteiger partial charge in [0.25, 0.3) is 5.91 Å². The number of aromatic nitrogens is 3. The van der Waals surface area contributed by atoms with Crippen LogP contribution in [-0.4, -0.2) is 33.2 Å². The lowest BCUT2D eigenvalue weighted by atomic mass is 10.1. The topological polar surface area (TPSA) is 96.7 Å². The molecule has 0 unspecified atom stereocenters. The van der Waals surface area contributed by atoms with Crippen molar-refractivity contribution >= 4 is 5.91 Å². The van der Waals surface area contributed by atoms with Crippen LogP contribution in [0.2, 0.25) is 0 Å². The summed E-state index contributed by atoms with van der Waals surface area (Å²) >= 11 is 0. The van der Waals surface area contributed by atoms with E-state index in [0.29, 0.717) is 6.54 Å². The predicted molar refractivity (Wildman–Crippen MR) is 61.0 cm³/mol. The minimum Gasteiger partial charge on any atom is -0.347 e. The lowest BCUT2D eigenvalue weighted by Crippen LogP contribution is -2.45. The van der Waals surface area contributed by atoms with Crippen LogP contribution in [0.1, 0.15) is 43.6 Å². The highest BCUT2D eigenvalue weighted by Gasteiger charge is 2.16. The molecule has 0 aliphatic carbocycles. The molecule has 6 heteroatoms. The first-order chi connectivity index (χ1) is 7.42. The van der Waals surface area contributed by atoms with Gasteiger partial charge in [0.1, 0.15) is 5.82 Å². The summed E-state index contributed by atoms with van der Waals surface area (Å²) < 4.78 is 0. The van der Waals surface area contributed by atoms with Crippen LogP contribution in [0, 0.1) is 0 Å². The SMILES string of the molecule is CCCc1nc(C(=O)NCC(C)(C)N)n[nH]1. The zero-order chi connectivity index (χ0) is 12.2. The van der Waals surface area contributed by atoms with E-state index in [1.165, 1.54) is 0 Å². The van der Waals surface area contributed by atoms with Crippen molar-refractivity contribution in [2.75, 3.05) is 6.54 Å². The van der Waals surface area contributed by atoms with Crippen LogP contribution < -0.4 is 11.1 Å². The highest BCUT2D eigenvalue weighted by molar-refractivity contribution is 5.90. The molecular formula is C10H19N5O. The van der Waals surface area contributed by atoms with Crippen LogP contribution in [0.25, 0.3) is 0 Å². The smallest absolute Gasteiger partial charge is 0.291 e. The first-order valence-electron chi connectivity index (χ1n) is 5.40. The fourth-order valence-corrected chi connectivity index (χ4v) is 1.13. The number of amides is 1. The second-order valence-corrected chi connectivity index (χ2v) is 4.53. The van der Waals surface area contributed by atoms with Crippen LogP contribution >= 0.6 is 0 Å². The van der Waals surface area contributed by atoms with Gasteiger partial charge in [-0.1, -0.05) is 6.92 Å². The highest BCUT2D eigenvalue weighted by Crippen LogP contribution is 1.98. The van der Waals surface area contributed by atoms with Gasteiger partial charge in [-0.15, -0.1) is 5.10 Å². The van der Waals surface area contributed by atoms with E-state index in [1.807, 2.05) is 20.8 Å². The van der Waals surface area contributed by atoms with Crippen molar-refractivity contribution in [3.63, 3.8) is 0 Å². The van der Waals surface area contributed by atoms with E-state index in [9.17, 15) is 4.79 Å². The zero-order valence-corrected chi connectivity index (χ0v) is 10.0. The summed E-state index contributed by atoms with van der Waals surface area (Å²) in [6, 6.07) is 0. The number of nitrogens with two attached hydrogens (primary N) is 1. The summed E-state index contributed by atoms with van der Waals surface area (Å²) in [5.74, 6) is 0.615. The van der Waals surface area contributed by atoms with E-state index in [0.717, 1.165) is 18.7 Å². The van der Waals surface area contributed by atoms with E-state index in [-0.39, 0.29) is 11.7 Å². The summed E-state index contributed by atoms with van der Waals surface area (Å²) in [7, 11) is 0. The maximum absolute atomic E-state index is 11.6. The third kappa shape index (κ3) is 3.98. The molecule has 0 atom stereocenters. The first kappa shape index (κ1) is 12.6. The molecule has 0 saturated heterocycles. The van der Waals surface area contributed by atoms with Gasteiger partial charge in [0.2, 0.25) is 5.82 Å². The number of carbonyl (C=O) groups is 1. The van der Waals surface area contributed by atoms with Gasteiger partial charge in [-0.2, -0.15) is 0 Å². The van der Waals surface area contributed by atoms with Gasteiger partial charge in [-0.3, -0.25) is 9.89 Å². The molecule has 4 N–H and O–H groups in total. The van der Waals surface area contributed by atoms with Gasteiger partial charge >= 0.3 is 0 Å². The van der Waals surface area contributed by atoms with Crippen LogP contribution in [-0.2, 0) is 6.42 Å². The van der Waals surface area contributed by atoms with Crippen molar-refractivity contribution in [1.29, 1.82) is 0 Å². The number of carbonyl (C=O) groups excluding carboxylic acids is 1. The van der Waals surface area contributed by atoms with E-state index < -0.39 is 5.54 Å². The normalized spacial score (nSPS) is 11.5. The molecule has 1 aromatic heterocycles. The largest absolute Gasteiger partial charge is 0.347 e. The fraction of sp³-hybridized carbons (Fsp3) is 0.700. The number of rotatable bonds is 5. The van der Waals surface area contributed by atoms with Crippen molar-refractivity contribution in [3.05, 3.63) is 11.6 Å². The predicted octanol–water partition coefficient (Wildman–Crippen LogP) is 0.224. The van der Waals surface area contributed by atoms with Crippen LogP contribution in [0.4, 0.5) is 0 Å². The molecule has 1 heterocycles. The molecule has 0 bridgehead atoms. The molecule has 0 fully saturated rings. The summed E-state index contributed by atoms with van der Waals surface area (Å²) in [6.07, 6.45) is 1.76. The summed E-state index contributed by atoms with van der Waals surface area (Å²) in [6.45, 7) is 6.12. The Bertz CT molecular complexity index is 352. The van der Waals surface area contributed by atoms with Crippen LogP contribution in [0.3, 0.4) is 0 Å². The molecule has 0 aliphatic heterocycles. The molecule has 0 radical (unpaired) electrons. The lowest BCUT2D eigenvalue weighted by molar-refractivity contribution is 0.0936. The van der Waals surface area contributed by atoms with Gasteiger partial charge in [-0.05, 0) is 20.3 Å². The molecule has 1 aromatic rings. The van der Waals surface area contributed by atoms with Crippen LogP contribution in [0.5, 0.6) is 0 Å². The Morgan fingerprint density at radius 2 is 2.25 bits per heavy atom. The van der Waals surface area contributed by atoms with Crippen molar-refractivity contribution < 1.29 is 4.79 Å². The van der Waals surface area contributed by atoms with E-state index in [1.54, 1.807) is 0 Å². The van der Waals surface area contributed by atoms with Crippen LogP contribution in [0.15, 0.2) is 0 Å². The second-order valence-electron chi connectivity index (χ2n) is 4.53. The zero-order valence-electron chi connectivity index (χ0n) is 10.0. The lowest BCUT2D eigenvalue weighted by Gasteiger charge is -2.17. The molecule has 0 saturated carbocycles. The number of aryl methyl sites for hydroxylation is 1. The Labute approximate surface area is 95.0 Å². The Morgan fingerprint density at radius 1 is 1.56 bits per heavy atom. The van der Waals surface area contributed by atoms with Gasteiger partial charge in [-0.25, -0.2) is 4.98 Å². The molecule has 1 amide bonds. The summed E-state index contributed by atoms with van der Waals surface area (Å²) in [5.41, 5.74) is 5.32. The quantitative estimate of drug-likeness (QED) is 0.668. The number of H-pyrrole nitrogens is 1. The standard InChI is InChI=1S/C10H19N5O/c1-4-5-7-13-8(15-14-7)9(16)12-6-10(2,3)11/h4-6,11H2,1-3H3,(H,12,16)(H,13,14,15). The van der Waals surface area contributed by atoms with Crippen molar-refractivity contribution in [1.82, 2.24) is 20.5 Å². The van der Waals surface area contributed by atoms with Crippen molar-refractivity contribution in [3.8, 4) is 0 Å². The maximum atomic E-state index is 11.6. The number of aromatic amines is 1. The third-order valence-corrected chi connectivity index (χ3v) is 1.93. The highest BCUT2D eigenvalue weighted by atomic mass is 16.2. The monoisotopic (exact) mass is 225 g/mol. The van der Waals surface area contributed by atoms with Crippen molar-refractivity contribution in [2.24, 2.45) is 5.73 Å². The Hall–Kier alpha value is -1.43. The van der Waals surface area contributed by atoms with Gasteiger partial charge in [0, 0.05) is 18.5 Å². The van der Waals surface area contributed by atoms with Gasteiger partial charge in [0.15, 0.2) is 0 Å². The molecule has 90 valence electrons.